The van der Waals surface area contributed by atoms with E-state index in [2.05, 4.69) is 24.8 Å². The van der Waals surface area contributed by atoms with E-state index in [1.165, 1.54) is 11.1 Å². The molecule has 1 heteroatoms. The summed E-state index contributed by atoms with van der Waals surface area (Å²) in [7, 11) is 0. The first-order chi connectivity index (χ1) is 5.77. The van der Waals surface area contributed by atoms with Gasteiger partial charge in [-0.1, -0.05) is 19.3 Å². The zero-order chi connectivity index (χ0) is 8.97. The first-order valence-corrected chi connectivity index (χ1v) is 4.20. The van der Waals surface area contributed by atoms with Gasteiger partial charge in [-0.2, -0.15) is 0 Å². The predicted octanol–water partition coefficient (Wildman–Crippen LogP) is 2.32. The standard InChI is InChI=1S/C11H13N/c1-4-6-10-8-12-11(5-2)7-9(10)3/h2,7-8H,4,6H2,1,3H3. The summed E-state index contributed by atoms with van der Waals surface area (Å²) in [4.78, 5) is 4.14. The number of terminal acetylenes is 1. The van der Waals surface area contributed by atoms with Gasteiger partial charge in [0.25, 0.3) is 0 Å². The normalized spacial score (nSPS) is 9.42. The van der Waals surface area contributed by atoms with E-state index in [9.17, 15) is 0 Å². The minimum atomic E-state index is 0.729. The molecule has 1 heterocycles. The fourth-order valence-electron chi connectivity index (χ4n) is 1.19. The molecule has 0 radical (unpaired) electrons. The van der Waals surface area contributed by atoms with Crippen LogP contribution < -0.4 is 0 Å². The molecule has 1 nitrogen and oxygen atoms in total. The molecule has 0 saturated carbocycles. The molecule has 0 spiro atoms. The first kappa shape index (κ1) is 8.80. The highest BCUT2D eigenvalue weighted by molar-refractivity contribution is 5.32. The minimum absolute atomic E-state index is 0.729. The topological polar surface area (TPSA) is 12.9 Å². The van der Waals surface area contributed by atoms with E-state index >= 15 is 0 Å². The van der Waals surface area contributed by atoms with E-state index in [1.54, 1.807) is 0 Å². The highest BCUT2D eigenvalue weighted by Crippen LogP contribution is 2.09. The quantitative estimate of drug-likeness (QED) is 0.603. The van der Waals surface area contributed by atoms with E-state index in [-0.39, 0.29) is 0 Å². The summed E-state index contributed by atoms with van der Waals surface area (Å²) in [5.74, 6) is 2.53. The Balaban J connectivity index is 2.97. The summed E-state index contributed by atoms with van der Waals surface area (Å²) < 4.78 is 0. The Bertz CT molecular complexity index is 307. The first-order valence-electron chi connectivity index (χ1n) is 4.20. The van der Waals surface area contributed by atoms with Crippen LogP contribution in [0.2, 0.25) is 0 Å². The summed E-state index contributed by atoms with van der Waals surface area (Å²) in [5, 5.41) is 0. The SMILES string of the molecule is C#Cc1cc(C)c(CCC)cn1. The summed E-state index contributed by atoms with van der Waals surface area (Å²) in [6.45, 7) is 4.24. The highest BCUT2D eigenvalue weighted by Gasteiger charge is 1.97. The fourth-order valence-corrected chi connectivity index (χ4v) is 1.19. The number of hydrogen-bond acceptors (Lipinski definition) is 1. The van der Waals surface area contributed by atoms with Crippen LogP contribution in [-0.2, 0) is 6.42 Å². The summed E-state index contributed by atoms with van der Waals surface area (Å²) in [6, 6.07) is 1.96. The van der Waals surface area contributed by atoms with Gasteiger partial charge in [0.15, 0.2) is 0 Å². The van der Waals surface area contributed by atoms with Gasteiger partial charge in [-0.25, -0.2) is 4.98 Å². The Hall–Kier alpha value is -1.29. The third-order valence-corrected chi connectivity index (χ3v) is 1.89. The number of aromatic nitrogens is 1. The Morgan fingerprint density at radius 1 is 1.58 bits per heavy atom. The maximum absolute atomic E-state index is 5.23. The molecule has 0 N–H and O–H groups in total. The Kier molecular flexibility index (Phi) is 2.88. The van der Waals surface area contributed by atoms with Gasteiger partial charge >= 0.3 is 0 Å². The molecule has 0 aliphatic rings. The molecule has 0 amide bonds. The zero-order valence-corrected chi connectivity index (χ0v) is 7.59. The van der Waals surface area contributed by atoms with E-state index < -0.39 is 0 Å². The summed E-state index contributed by atoms with van der Waals surface area (Å²) >= 11 is 0. The van der Waals surface area contributed by atoms with E-state index in [0.29, 0.717) is 0 Å². The van der Waals surface area contributed by atoms with Crippen LogP contribution in [0, 0.1) is 19.3 Å². The maximum Gasteiger partial charge on any atom is 0.113 e. The molecule has 1 aromatic heterocycles. The third kappa shape index (κ3) is 1.85. The molecule has 1 rings (SSSR count). The Morgan fingerprint density at radius 3 is 2.83 bits per heavy atom. The van der Waals surface area contributed by atoms with Crippen molar-refractivity contribution in [3.8, 4) is 12.3 Å². The van der Waals surface area contributed by atoms with Crippen molar-refractivity contribution in [3.63, 3.8) is 0 Å². The van der Waals surface area contributed by atoms with Crippen molar-refractivity contribution >= 4 is 0 Å². The van der Waals surface area contributed by atoms with Crippen molar-refractivity contribution in [2.24, 2.45) is 0 Å². The average molecular weight is 159 g/mol. The number of aryl methyl sites for hydroxylation is 2. The third-order valence-electron chi connectivity index (χ3n) is 1.89. The van der Waals surface area contributed by atoms with Crippen LogP contribution in [0.4, 0.5) is 0 Å². The molecule has 0 unspecified atom stereocenters. The van der Waals surface area contributed by atoms with Gasteiger partial charge in [-0.3, -0.25) is 0 Å². The molecular formula is C11H13N. The van der Waals surface area contributed by atoms with E-state index in [4.69, 9.17) is 6.42 Å². The molecule has 12 heavy (non-hydrogen) atoms. The molecule has 0 fully saturated rings. The van der Waals surface area contributed by atoms with Crippen molar-refractivity contribution in [2.75, 3.05) is 0 Å². The molecule has 0 saturated heterocycles. The molecule has 0 atom stereocenters. The number of pyridine rings is 1. The second kappa shape index (κ2) is 3.92. The Labute approximate surface area is 73.8 Å². The van der Waals surface area contributed by atoms with E-state index in [1.807, 2.05) is 12.3 Å². The molecule has 62 valence electrons. The number of hydrogen-bond donors (Lipinski definition) is 0. The Morgan fingerprint density at radius 2 is 2.33 bits per heavy atom. The van der Waals surface area contributed by atoms with Crippen molar-refractivity contribution in [2.45, 2.75) is 26.7 Å². The molecule has 1 aromatic rings. The lowest BCUT2D eigenvalue weighted by atomic mass is 10.1. The molecule has 0 bridgehead atoms. The van der Waals surface area contributed by atoms with Gasteiger partial charge in [-0.05, 0) is 30.5 Å². The lowest BCUT2D eigenvalue weighted by Crippen LogP contribution is -1.92. The number of rotatable bonds is 2. The lowest BCUT2D eigenvalue weighted by molar-refractivity contribution is 0.902. The van der Waals surface area contributed by atoms with Gasteiger partial charge in [0.05, 0.1) is 0 Å². The van der Waals surface area contributed by atoms with E-state index in [0.717, 1.165) is 18.5 Å². The highest BCUT2D eigenvalue weighted by atomic mass is 14.7. The van der Waals surface area contributed by atoms with Gasteiger partial charge in [0.1, 0.15) is 5.69 Å². The largest absolute Gasteiger partial charge is 0.248 e. The molecular weight excluding hydrogens is 146 g/mol. The smallest absolute Gasteiger partial charge is 0.113 e. The minimum Gasteiger partial charge on any atom is -0.248 e. The fraction of sp³-hybridized carbons (Fsp3) is 0.364. The summed E-state index contributed by atoms with van der Waals surface area (Å²) in [5.41, 5.74) is 3.28. The van der Waals surface area contributed by atoms with Crippen molar-refractivity contribution < 1.29 is 0 Å². The van der Waals surface area contributed by atoms with Gasteiger partial charge in [0.2, 0.25) is 0 Å². The molecule has 0 aliphatic heterocycles. The van der Waals surface area contributed by atoms with Crippen LogP contribution in [-0.4, -0.2) is 4.98 Å². The van der Waals surface area contributed by atoms with Crippen LogP contribution in [0.1, 0.15) is 30.2 Å². The van der Waals surface area contributed by atoms with Gasteiger partial charge < -0.3 is 0 Å². The summed E-state index contributed by atoms with van der Waals surface area (Å²) in [6.07, 6.45) is 9.35. The van der Waals surface area contributed by atoms with Gasteiger partial charge in [0, 0.05) is 6.20 Å². The van der Waals surface area contributed by atoms with Gasteiger partial charge in [-0.15, -0.1) is 6.42 Å². The second-order valence-electron chi connectivity index (χ2n) is 2.89. The number of nitrogens with zero attached hydrogens (tertiary/aromatic N) is 1. The zero-order valence-electron chi connectivity index (χ0n) is 7.59. The van der Waals surface area contributed by atoms with Crippen molar-refractivity contribution in [1.29, 1.82) is 0 Å². The van der Waals surface area contributed by atoms with Crippen LogP contribution >= 0.6 is 0 Å². The predicted molar refractivity (Wildman–Crippen MR) is 50.9 cm³/mol. The monoisotopic (exact) mass is 159 g/mol. The van der Waals surface area contributed by atoms with Crippen molar-refractivity contribution in [1.82, 2.24) is 4.98 Å². The average Bonchev–Trinajstić information content (AvgIpc) is 2.09. The second-order valence-corrected chi connectivity index (χ2v) is 2.89. The maximum atomic E-state index is 5.23. The molecule has 0 aliphatic carbocycles. The van der Waals surface area contributed by atoms with Crippen LogP contribution in [0.5, 0.6) is 0 Å². The molecule has 0 aromatic carbocycles. The van der Waals surface area contributed by atoms with Crippen LogP contribution in [0.25, 0.3) is 0 Å². The van der Waals surface area contributed by atoms with Crippen molar-refractivity contribution in [3.05, 3.63) is 29.1 Å². The van der Waals surface area contributed by atoms with Crippen LogP contribution in [0.3, 0.4) is 0 Å². The lowest BCUT2D eigenvalue weighted by Gasteiger charge is -2.02. The van der Waals surface area contributed by atoms with Crippen LogP contribution in [0.15, 0.2) is 12.3 Å².